The summed E-state index contributed by atoms with van der Waals surface area (Å²) in [5.74, 6) is -0.166. The van der Waals surface area contributed by atoms with Crippen molar-refractivity contribution >= 4 is 33.6 Å². The number of fused-ring (bicyclic) bond motifs is 3. The molecule has 10 nitrogen and oxygen atoms in total. The van der Waals surface area contributed by atoms with Crippen LogP contribution >= 0.6 is 0 Å². The van der Waals surface area contributed by atoms with Crippen molar-refractivity contribution in [3.05, 3.63) is 39.8 Å². The third-order valence-corrected chi connectivity index (χ3v) is 7.17. The maximum Gasteiger partial charge on any atom is 0.259 e. The van der Waals surface area contributed by atoms with Gasteiger partial charge in [-0.15, -0.1) is 0 Å². The number of aryl methyl sites for hydroxylation is 1. The first kappa shape index (κ1) is 23.5. The number of aromatic amines is 1. The molecule has 2 N–H and O–H groups in total. The van der Waals surface area contributed by atoms with Crippen LogP contribution in [-0.2, 0) is 9.53 Å². The van der Waals surface area contributed by atoms with Crippen LogP contribution < -0.4 is 10.9 Å². The van der Waals surface area contributed by atoms with Crippen molar-refractivity contribution in [3.8, 4) is 0 Å². The molecule has 10 heteroatoms. The number of hydrogen-bond acceptors (Lipinski definition) is 6. The third-order valence-electron chi connectivity index (χ3n) is 7.17. The van der Waals surface area contributed by atoms with E-state index in [0.29, 0.717) is 29.7 Å². The molecule has 186 valence electrons. The highest BCUT2D eigenvalue weighted by Gasteiger charge is 2.23. The zero-order chi connectivity index (χ0) is 24.5. The SMILES string of the molecule is Cc1cc2[nH]c(=O)c3cnn(C4CCOCC4)c3c2cc1C(=O)NCCC(=O)N1CCN(C)CC1. The van der Waals surface area contributed by atoms with Gasteiger partial charge < -0.3 is 24.8 Å². The first-order valence-electron chi connectivity index (χ1n) is 12.3. The molecule has 0 bridgehead atoms. The first-order valence-corrected chi connectivity index (χ1v) is 12.3. The third kappa shape index (κ3) is 4.68. The van der Waals surface area contributed by atoms with Crippen LogP contribution in [0.15, 0.2) is 23.1 Å². The maximum absolute atomic E-state index is 13.1. The second-order valence-electron chi connectivity index (χ2n) is 9.55. The molecule has 0 aliphatic carbocycles. The Labute approximate surface area is 203 Å². The number of carbonyl (C=O) groups excluding carboxylic acids is 2. The van der Waals surface area contributed by atoms with Gasteiger partial charge in [-0.1, -0.05) is 0 Å². The molecule has 0 radical (unpaired) electrons. The number of nitrogens with one attached hydrogen (secondary N) is 2. The lowest BCUT2D eigenvalue weighted by Crippen LogP contribution is -2.47. The number of benzene rings is 1. The Morgan fingerprint density at radius 3 is 2.63 bits per heavy atom. The molecule has 0 saturated carbocycles. The van der Waals surface area contributed by atoms with Gasteiger partial charge in [0.15, 0.2) is 0 Å². The molecular formula is C25H32N6O4. The Morgan fingerprint density at radius 2 is 1.89 bits per heavy atom. The number of ether oxygens (including phenoxy) is 1. The number of pyridine rings is 1. The number of likely N-dealkylation sites (N-methyl/N-ethyl adjacent to an activating group) is 1. The van der Waals surface area contributed by atoms with Crippen LogP contribution in [0, 0.1) is 6.92 Å². The van der Waals surface area contributed by atoms with Crippen LogP contribution in [0.25, 0.3) is 21.8 Å². The number of aromatic nitrogens is 3. The van der Waals surface area contributed by atoms with Crippen LogP contribution in [0.3, 0.4) is 0 Å². The quantitative estimate of drug-likeness (QED) is 0.571. The number of piperazine rings is 1. The van der Waals surface area contributed by atoms with Crippen molar-refractivity contribution in [2.45, 2.75) is 32.2 Å². The van der Waals surface area contributed by atoms with E-state index in [9.17, 15) is 14.4 Å². The molecule has 5 rings (SSSR count). The van der Waals surface area contributed by atoms with Gasteiger partial charge in [-0.05, 0) is 44.5 Å². The fourth-order valence-corrected chi connectivity index (χ4v) is 5.04. The molecule has 2 aromatic heterocycles. The topological polar surface area (TPSA) is 113 Å². The Kier molecular flexibility index (Phi) is 6.57. The number of rotatable bonds is 5. The molecule has 2 amide bonds. The lowest BCUT2D eigenvalue weighted by atomic mass is 10.0. The largest absolute Gasteiger partial charge is 0.381 e. The van der Waals surface area contributed by atoms with E-state index in [1.54, 1.807) is 6.20 Å². The molecule has 3 aromatic rings. The van der Waals surface area contributed by atoms with Gasteiger partial charge in [0, 0.05) is 63.3 Å². The van der Waals surface area contributed by atoms with E-state index in [2.05, 4.69) is 20.3 Å². The zero-order valence-electron chi connectivity index (χ0n) is 20.3. The van der Waals surface area contributed by atoms with Gasteiger partial charge >= 0.3 is 0 Å². The van der Waals surface area contributed by atoms with Gasteiger partial charge in [0.1, 0.15) is 0 Å². The highest BCUT2D eigenvalue weighted by molar-refractivity contribution is 6.07. The fourth-order valence-electron chi connectivity index (χ4n) is 5.04. The summed E-state index contributed by atoms with van der Waals surface area (Å²) < 4.78 is 7.41. The van der Waals surface area contributed by atoms with E-state index < -0.39 is 0 Å². The van der Waals surface area contributed by atoms with Crippen LogP contribution in [0.2, 0.25) is 0 Å². The minimum atomic E-state index is -0.230. The molecule has 2 fully saturated rings. The standard InChI is InChI=1S/C25H32N6O4/c1-16-13-21-19(23-20(25(34)28-21)15-27-31(23)17-4-11-35-12-5-17)14-18(16)24(33)26-6-3-22(32)30-9-7-29(2)8-10-30/h13-15,17H,3-12H2,1-2H3,(H,26,33)(H,28,34). The smallest absolute Gasteiger partial charge is 0.259 e. The van der Waals surface area contributed by atoms with Crippen molar-refractivity contribution in [2.75, 3.05) is 53.0 Å². The second-order valence-corrected chi connectivity index (χ2v) is 9.55. The van der Waals surface area contributed by atoms with Crippen LogP contribution in [0.5, 0.6) is 0 Å². The summed E-state index contributed by atoms with van der Waals surface area (Å²) in [6, 6.07) is 3.81. The fraction of sp³-hybridized carbons (Fsp3) is 0.520. The van der Waals surface area contributed by atoms with Gasteiger partial charge in [-0.25, -0.2) is 0 Å². The Balaban J connectivity index is 1.38. The summed E-state index contributed by atoms with van der Waals surface area (Å²) in [6.07, 6.45) is 3.53. The van der Waals surface area contributed by atoms with Gasteiger partial charge in [0.05, 0.1) is 28.7 Å². The summed E-state index contributed by atoms with van der Waals surface area (Å²) in [5.41, 5.74) is 2.51. The van der Waals surface area contributed by atoms with Crippen molar-refractivity contribution < 1.29 is 14.3 Å². The highest BCUT2D eigenvalue weighted by atomic mass is 16.5. The Hall–Kier alpha value is -3.24. The molecular weight excluding hydrogens is 448 g/mol. The van der Waals surface area contributed by atoms with E-state index >= 15 is 0 Å². The lowest BCUT2D eigenvalue weighted by molar-refractivity contribution is -0.132. The predicted octanol–water partition coefficient (Wildman–Crippen LogP) is 1.43. The summed E-state index contributed by atoms with van der Waals surface area (Å²) in [6.45, 7) is 6.64. The van der Waals surface area contributed by atoms with Crippen molar-refractivity contribution in [3.63, 3.8) is 0 Å². The summed E-state index contributed by atoms with van der Waals surface area (Å²) in [4.78, 5) is 45.3. The van der Waals surface area contributed by atoms with Crippen LogP contribution in [0.4, 0.5) is 0 Å². The van der Waals surface area contributed by atoms with Crippen molar-refractivity contribution in [2.24, 2.45) is 0 Å². The summed E-state index contributed by atoms with van der Waals surface area (Å²) in [7, 11) is 2.05. The minimum Gasteiger partial charge on any atom is -0.381 e. The van der Waals surface area contributed by atoms with Crippen molar-refractivity contribution in [1.29, 1.82) is 0 Å². The lowest BCUT2D eigenvalue weighted by Gasteiger charge is -2.32. The van der Waals surface area contributed by atoms with E-state index in [1.807, 2.05) is 35.7 Å². The average molecular weight is 481 g/mol. The molecule has 0 unspecified atom stereocenters. The summed E-state index contributed by atoms with van der Waals surface area (Å²) in [5, 5.41) is 8.74. The Bertz CT molecular complexity index is 1310. The summed E-state index contributed by atoms with van der Waals surface area (Å²) >= 11 is 0. The Morgan fingerprint density at radius 1 is 1.14 bits per heavy atom. The second kappa shape index (κ2) is 9.79. The number of nitrogens with zero attached hydrogens (tertiary/aromatic N) is 4. The number of H-pyrrole nitrogens is 1. The molecule has 2 aliphatic rings. The van der Waals surface area contributed by atoms with Gasteiger partial charge in [-0.3, -0.25) is 19.1 Å². The van der Waals surface area contributed by atoms with Gasteiger partial charge in [0.2, 0.25) is 5.91 Å². The number of carbonyl (C=O) groups is 2. The molecule has 2 saturated heterocycles. The zero-order valence-corrected chi connectivity index (χ0v) is 20.3. The van der Waals surface area contributed by atoms with E-state index in [4.69, 9.17) is 4.74 Å². The highest BCUT2D eigenvalue weighted by Crippen LogP contribution is 2.29. The van der Waals surface area contributed by atoms with Crippen molar-refractivity contribution in [1.82, 2.24) is 29.9 Å². The predicted molar refractivity (Wildman–Crippen MR) is 133 cm³/mol. The molecule has 1 aromatic carbocycles. The van der Waals surface area contributed by atoms with Gasteiger partial charge in [0.25, 0.3) is 11.5 Å². The van der Waals surface area contributed by atoms with Crippen LogP contribution in [0.1, 0.15) is 41.2 Å². The average Bonchev–Trinajstić information content (AvgIpc) is 3.31. The normalized spacial score (nSPS) is 17.8. The molecule has 0 spiro atoms. The number of hydrogen-bond donors (Lipinski definition) is 2. The van der Waals surface area contributed by atoms with E-state index in [-0.39, 0.29) is 36.4 Å². The first-order chi connectivity index (χ1) is 16.9. The van der Waals surface area contributed by atoms with E-state index in [0.717, 1.165) is 55.5 Å². The maximum atomic E-state index is 13.1. The molecule has 2 aliphatic heterocycles. The van der Waals surface area contributed by atoms with Crippen LogP contribution in [-0.4, -0.2) is 89.4 Å². The monoisotopic (exact) mass is 480 g/mol. The molecule has 0 atom stereocenters. The van der Waals surface area contributed by atoms with Gasteiger partial charge in [-0.2, -0.15) is 5.10 Å². The van der Waals surface area contributed by atoms with E-state index in [1.165, 1.54) is 0 Å². The molecule has 4 heterocycles. The molecule has 35 heavy (non-hydrogen) atoms. The minimum absolute atomic E-state index is 0.0632. The number of amides is 2.